The summed E-state index contributed by atoms with van der Waals surface area (Å²) in [5, 5.41) is 24.8. The highest BCUT2D eigenvalue weighted by Crippen LogP contribution is 2.55. The molecule has 1 fully saturated rings. The average molecular weight is 833 g/mol. The SMILES string of the molecule is C[C@H](NC(=O)OC[C@H](c1ccc(Cl)c(-n2ncnc2C(F)F)c1)N(C(=N)NCCC(C)(C)C)C(=O)c1ccc(-c2cn(C3(C(F)(F)F)CC3)nn2)cc1)C(F)(F)F. The van der Waals surface area contributed by atoms with Gasteiger partial charge >= 0.3 is 18.4 Å². The molecule has 0 bridgehead atoms. The average Bonchev–Trinajstić information content (AvgIpc) is 3.54. The fourth-order valence-corrected chi connectivity index (χ4v) is 5.79. The van der Waals surface area contributed by atoms with Crippen molar-refractivity contribution in [1.82, 2.24) is 45.3 Å². The number of aromatic nitrogens is 6. The molecule has 1 aliphatic rings. The number of nitrogens with zero attached hydrogens (tertiary/aromatic N) is 7. The van der Waals surface area contributed by atoms with Crippen LogP contribution in [0, 0.1) is 10.8 Å². The van der Waals surface area contributed by atoms with Gasteiger partial charge in [-0.05, 0) is 61.4 Å². The summed E-state index contributed by atoms with van der Waals surface area (Å²) in [5.74, 6) is -2.24. The standard InChI is InChI=1S/C35H37ClF8N10O3/c1-19(34(39,40)41)49-31(56)57-17-26(22-9-10-23(36)25(15-22)54-28(27(37)38)47-18-48-54)53(30(45)46-14-13-32(2,3)4)29(55)21-7-5-20(6-8-21)24-16-52(51-50-24)33(11-12-33)35(42,43)44/h5-10,15-16,18-19,26-27H,11-14,17H2,1-4H3,(H2,45,46)(H,49,56)/t19-,26+/m0/s1. The highest BCUT2D eigenvalue weighted by molar-refractivity contribution is 6.32. The van der Waals surface area contributed by atoms with Crippen LogP contribution in [0.3, 0.4) is 0 Å². The number of benzene rings is 2. The zero-order chi connectivity index (χ0) is 42.1. The van der Waals surface area contributed by atoms with E-state index in [4.69, 9.17) is 21.7 Å². The third-order valence-electron chi connectivity index (χ3n) is 9.10. The van der Waals surface area contributed by atoms with E-state index in [1.165, 1.54) is 42.5 Å². The quantitative estimate of drug-likeness (QED) is 0.0737. The number of amides is 2. The predicted molar refractivity (Wildman–Crippen MR) is 189 cm³/mol. The smallest absolute Gasteiger partial charge is 0.413 e. The summed E-state index contributed by atoms with van der Waals surface area (Å²) in [6.45, 7) is 5.75. The van der Waals surface area contributed by atoms with Crippen molar-refractivity contribution in [3.63, 3.8) is 0 Å². The van der Waals surface area contributed by atoms with Crippen LogP contribution in [-0.4, -0.2) is 84.2 Å². The normalized spacial score (nSPS) is 15.2. The summed E-state index contributed by atoms with van der Waals surface area (Å²) >= 11 is 6.39. The van der Waals surface area contributed by atoms with Gasteiger partial charge in [0, 0.05) is 17.7 Å². The topological polar surface area (TPSA) is 156 Å². The minimum atomic E-state index is -4.83. The molecule has 4 aromatic rings. The summed E-state index contributed by atoms with van der Waals surface area (Å²) in [6.07, 6.45) is -11.8. The Balaban J connectivity index is 1.55. The van der Waals surface area contributed by atoms with E-state index in [0.29, 0.717) is 18.9 Å². The molecule has 2 aromatic carbocycles. The van der Waals surface area contributed by atoms with Crippen molar-refractivity contribution in [3.05, 3.63) is 77.0 Å². The molecule has 0 radical (unpaired) electrons. The Morgan fingerprint density at radius 3 is 2.30 bits per heavy atom. The molecule has 0 unspecified atom stereocenters. The van der Waals surface area contributed by atoms with Crippen LogP contribution in [-0.2, 0) is 10.3 Å². The largest absolute Gasteiger partial charge is 0.447 e. The second-order valence-corrected chi connectivity index (χ2v) is 14.9. The highest BCUT2D eigenvalue weighted by atomic mass is 35.5. The van der Waals surface area contributed by atoms with E-state index in [1.807, 2.05) is 20.8 Å². The van der Waals surface area contributed by atoms with Crippen LogP contribution in [0.4, 0.5) is 39.9 Å². The molecule has 2 heterocycles. The Morgan fingerprint density at radius 2 is 1.72 bits per heavy atom. The van der Waals surface area contributed by atoms with Gasteiger partial charge in [-0.1, -0.05) is 55.8 Å². The lowest BCUT2D eigenvalue weighted by molar-refractivity contribution is -0.183. The molecule has 3 N–H and O–H groups in total. The molecule has 5 rings (SSSR count). The summed E-state index contributed by atoms with van der Waals surface area (Å²) in [4.78, 5) is 31.6. The first kappa shape index (κ1) is 42.8. The molecule has 1 saturated carbocycles. The van der Waals surface area contributed by atoms with Crippen molar-refractivity contribution in [3.8, 4) is 16.9 Å². The van der Waals surface area contributed by atoms with Crippen molar-refractivity contribution in [2.45, 2.75) is 83.4 Å². The van der Waals surface area contributed by atoms with Gasteiger partial charge in [0.2, 0.25) is 0 Å². The van der Waals surface area contributed by atoms with Gasteiger partial charge in [0.25, 0.3) is 12.3 Å². The zero-order valence-corrected chi connectivity index (χ0v) is 31.5. The van der Waals surface area contributed by atoms with Gasteiger partial charge in [-0.25, -0.2) is 27.9 Å². The fourth-order valence-electron chi connectivity index (χ4n) is 5.59. The number of rotatable bonds is 12. The molecule has 0 aliphatic heterocycles. The molecular weight excluding hydrogens is 796 g/mol. The van der Waals surface area contributed by atoms with Crippen molar-refractivity contribution in [2.24, 2.45) is 5.41 Å². The van der Waals surface area contributed by atoms with E-state index in [2.05, 4.69) is 25.7 Å². The van der Waals surface area contributed by atoms with Crippen molar-refractivity contribution in [2.75, 3.05) is 13.2 Å². The van der Waals surface area contributed by atoms with Crippen molar-refractivity contribution >= 4 is 29.6 Å². The molecule has 1 aliphatic carbocycles. The third-order valence-corrected chi connectivity index (χ3v) is 9.42. The van der Waals surface area contributed by atoms with Crippen LogP contribution in [0.1, 0.15) is 81.2 Å². The molecule has 2 amide bonds. The van der Waals surface area contributed by atoms with Gasteiger partial charge in [-0.3, -0.25) is 15.1 Å². The van der Waals surface area contributed by atoms with Gasteiger partial charge in [0.15, 0.2) is 17.3 Å². The number of alkyl carbamates (subject to hydrolysis) is 1. The summed E-state index contributed by atoms with van der Waals surface area (Å²) in [5.41, 5.74) is -2.24. The third kappa shape index (κ3) is 9.80. The number of halogens is 9. The second kappa shape index (κ2) is 16.3. The first-order valence-corrected chi connectivity index (χ1v) is 17.6. The van der Waals surface area contributed by atoms with Gasteiger partial charge in [-0.15, -0.1) is 5.10 Å². The lowest BCUT2D eigenvalue weighted by Gasteiger charge is -2.33. The van der Waals surface area contributed by atoms with Crippen LogP contribution in [0.2, 0.25) is 5.02 Å². The number of alkyl halides is 8. The number of hydrogen-bond acceptors (Lipinski definition) is 8. The minimum absolute atomic E-state index is 0.0180. The summed E-state index contributed by atoms with van der Waals surface area (Å²) < 4.78 is 115. The fraction of sp³-hybridized carbons (Fsp3) is 0.457. The zero-order valence-electron chi connectivity index (χ0n) is 30.7. The molecule has 0 spiro atoms. The van der Waals surface area contributed by atoms with Gasteiger partial charge in [0.1, 0.15) is 24.7 Å². The first-order chi connectivity index (χ1) is 26.5. The van der Waals surface area contributed by atoms with Gasteiger partial charge in [-0.2, -0.15) is 31.4 Å². The lowest BCUT2D eigenvalue weighted by atomic mass is 9.92. The molecule has 0 saturated heterocycles. The second-order valence-electron chi connectivity index (χ2n) is 14.5. The highest BCUT2D eigenvalue weighted by Gasteiger charge is 2.66. The van der Waals surface area contributed by atoms with Crippen LogP contribution >= 0.6 is 11.6 Å². The molecule has 2 atom stereocenters. The number of carbonyl (C=O) groups excluding carboxylic acids is 2. The van der Waals surface area contributed by atoms with E-state index in [0.717, 1.165) is 26.8 Å². The van der Waals surface area contributed by atoms with Crippen LogP contribution in [0.5, 0.6) is 0 Å². The van der Waals surface area contributed by atoms with Gasteiger partial charge < -0.3 is 15.4 Å². The number of guanidine groups is 1. The maximum absolute atomic E-state index is 14.5. The summed E-state index contributed by atoms with van der Waals surface area (Å²) in [6, 6.07) is 5.33. The summed E-state index contributed by atoms with van der Waals surface area (Å²) in [7, 11) is 0. The first-order valence-electron chi connectivity index (χ1n) is 17.3. The number of ether oxygens (including phenoxy) is 1. The molecule has 2 aromatic heterocycles. The predicted octanol–water partition coefficient (Wildman–Crippen LogP) is 7.99. The minimum Gasteiger partial charge on any atom is -0.447 e. The van der Waals surface area contributed by atoms with Crippen molar-refractivity contribution in [1.29, 1.82) is 5.41 Å². The Labute approximate surface area is 325 Å². The van der Waals surface area contributed by atoms with Crippen LogP contribution in [0.15, 0.2) is 55.0 Å². The maximum atomic E-state index is 14.5. The number of carbonyl (C=O) groups is 2. The molecule has 57 heavy (non-hydrogen) atoms. The molecule has 13 nitrogen and oxygen atoms in total. The lowest BCUT2D eigenvalue weighted by Crippen LogP contribution is -2.49. The number of hydrogen-bond donors (Lipinski definition) is 3. The molecular formula is C35H37ClF8N10O3. The van der Waals surface area contributed by atoms with Crippen molar-refractivity contribution < 1.29 is 49.4 Å². The van der Waals surface area contributed by atoms with E-state index in [1.54, 1.807) is 5.32 Å². The number of nitrogens with one attached hydrogen (secondary N) is 3. The van der Waals surface area contributed by atoms with E-state index < -0.39 is 66.8 Å². The van der Waals surface area contributed by atoms with Crippen LogP contribution in [0.25, 0.3) is 16.9 Å². The molecule has 308 valence electrons. The Morgan fingerprint density at radius 1 is 1.05 bits per heavy atom. The van der Waals surface area contributed by atoms with E-state index >= 15 is 0 Å². The van der Waals surface area contributed by atoms with Crippen LogP contribution < -0.4 is 10.6 Å². The van der Waals surface area contributed by atoms with E-state index in [-0.39, 0.29) is 52.3 Å². The Hall–Kier alpha value is -5.34. The van der Waals surface area contributed by atoms with Gasteiger partial charge in [0.05, 0.1) is 22.9 Å². The maximum Gasteiger partial charge on any atom is 0.413 e. The monoisotopic (exact) mass is 832 g/mol. The Bertz CT molecular complexity index is 2080. The molecule has 22 heteroatoms. The Kier molecular flexibility index (Phi) is 12.2. The van der Waals surface area contributed by atoms with E-state index in [9.17, 15) is 44.7 Å².